The predicted molar refractivity (Wildman–Crippen MR) is 136 cm³/mol. The Kier molecular flexibility index (Phi) is 5.69. The third-order valence-corrected chi connectivity index (χ3v) is 7.56. The zero-order valence-electron chi connectivity index (χ0n) is 18.4. The van der Waals surface area contributed by atoms with E-state index < -0.39 is 0 Å². The van der Waals surface area contributed by atoms with Crippen molar-refractivity contribution in [2.75, 3.05) is 10.7 Å². The minimum atomic E-state index is -0.175. The second-order valence-electron chi connectivity index (χ2n) is 7.62. The topological polar surface area (TPSA) is 83.9 Å². The number of nitriles is 1. The summed E-state index contributed by atoms with van der Waals surface area (Å²) < 4.78 is 3.41. The molecule has 0 unspecified atom stereocenters. The first-order valence-corrected chi connectivity index (χ1v) is 12.3. The van der Waals surface area contributed by atoms with Crippen molar-refractivity contribution < 1.29 is 4.79 Å². The minimum absolute atomic E-state index is 0.0830. The summed E-state index contributed by atoms with van der Waals surface area (Å²) in [6.07, 6.45) is 0. The standard InChI is InChI=1S/C25H19N5O2S2/c1-16-22(24(32)30(28(16)2)18-11-7-4-8-12-18)20-14-33-23(27-20)19(13-26)25-29(21(31)15-34-25)17-9-5-3-6-10-17/h3-12,14H,15H2,1-2H3/b25-19+. The number of carbonyl (C=O) groups is 1. The number of nitrogens with zero attached hydrogens (tertiary/aromatic N) is 5. The first-order valence-electron chi connectivity index (χ1n) is 10.5. The second-order valence-corrected chi connectivity index (χ2v) is 9.44. The van der Waals surface area contributed by atoms with Crippen molar-refractivity contribution in [3.63, 3.8) is 0 Å². The predicted octanol–water partition coefficient (Wildman–Crippen LogP) is 4.58. The van der Waals surface area contributed by atoms with E-state index in [-0.39, 0.29) is 17.2 Å². The SMILES string of the molecule is Cc1c(-c2csc(/C(C#N)=C3/SCC(=O)N3c3ccccc3)n2)c(=O)n(-c2ccccc2)n1C. The van der Waals surface area contributed by atoms with Crippen LogP contribution in [0.3, 0.4) is 0 Å². The van der Waals surface area contributed by atoms with E-state index in [4.69, 9.17) is 0 Å². The molecule has 4 aromatic rings. The van der Waals surface area contributed by atoms with E-state index in [0.29, 0.717) is 32.6 Å². The van der Waals surface area contributed by atoms with Crippen molar-refractivity contribution in [1.29, 1.82) is 5.26 Å². The molecule has 1 saturated heterocycles. The molecule has 2 aromatic heterocycles. The van der Waals surface area contributed by atoms with Crippen LogP contribution >= 0.6 is 23.1 Å². The Bertz CT molecular complexity index is 1520. The van der Waals surface area contributed by atoms with Crippen molar-refractivity contribution in [2.24, 2.45) is 7.05 Å². The average Bonchev–Trinajstić information content (AvgIpc) is 3.53. The molecule has 0 radical (unpaired) electrons. The van der Waals surface area contributed by atoms with Gasteiger partial charge in [0.25, 0.3) is 5.56 Å². The molecule has 1 fully saturated rings. The Balaban J connectivity index is 1.60. The monoisotopic (exact) mass is 485 g/mol. The van der Waals surface area contributed by atoms with Crippen LogP contribution in [0, 0.1) is 18.3 Å². The van der Waals surface area contributed by atoms with Crippen LogP contribution in [0.1, 0.15) is 10.7 Å². The summed E-state index contributed by atoms with van der Waals surface area (Å²) in [5, 5.41) is 12.8. The number of allylic oxidation sites excluding steroid dienone is 1. The zero-order chi connectivity index (χ0) is 23.8. The van der Waals surface area contributed by atoms with E-state index >= 15 is 0 Å². The number of thioether (sulfide) groups is 1. The van der Waals surface area contributed by atoms with Crippen LogP contribution in [0.25, 0.3) is 22.5 Å². The highest BCUT2D eigenvalue weighted by atomic mass is 32.2. The highest BCUT2D eigenvalue weighted by Crippen LogP contribution is 2.40. The van der Waals surface area contributed by atoms with Gasteiger partial charge in [-0.25, -0.2) is 9.67 Å². The molecule has 0 saturated carbocycles. The van der Waals surface area contributed by atoms with Gasteiger partial charge in [-0.05, 0) is 31.2 Å². The summed E-state index contributed by atoms with van der Waals surface area (Å²) >= 11 is 2.62. The van der Waals surface area contributed by atoms with Crippen LogP contribution in [0.2, 0.25) is 0 Å². The van der Waals surface area contributed by atoms with E-state index in [2.05, 4.69) is 11.1 Å². The number of anilines is 1. The highest BCUT2D eigenvalue weighted by Gasteiger charge is 2.32. The first-order chi connectivity index (χ1) is 16.5. The van der Waals surface area contributed by atoms with E-state index in [9.17, 15) is 14.9 Å². The molecular formula is C25H19N5O2S2. The Morgan fingerprint density at radius 3 is 2.32 bits per heavy atom. The normalized spacial score (nSPS) is 15.0. The number of thiazole rings is 1. The molecule has 168 valence electrons. The number of benzene rings is 2. The zero-order valence-corrected chi connectivity index (χ0v) is 20.1. The van der Waals surface area contributed by atoms with Gasteiger partial charge in [-0.1, -0.05) is 48.2 Å². The summed E-state index contributed by atoms with van der Waals surface area (Å²) in [4.78, 5) is 32.2. The summed E-state index contributed by atoms with van der Waals surface area (Å²) in [5.74, 6) is 0.174. The van der Waals surface area contributed by atoms with Gasteiger partial charge in [0, 0.05) is 23.8 Å². The van der Waals surface area contributed by atoms with Gasteiger partial charge in [0.05, 0.1) is 22.7 Å². The maximum Gasteiger partial charge on any atom is 0.281 e. The number of hydrogen-bond acceptors (Lipinski definition) is 6. The molecule has 0 atom stereocenters. The fourth-order valence-electron chi connectivity index (χ4n) is 3.95. The summed E-state index contributed by atoms with van der Waals surface area (Å²) in [6, 6.07) is 20.9. The van der Waals surface area contributed by atoms with Gasteiger partial charge in [-0.3, -0.25) is 19.2 Å². The Morgan fingerprint density at radius 1 is 1.03 bits per heavy atom. The smallest absolute Gasteiger partial charge is 0.281 e. The van der Waals surface area contributed by atoms with E-state index in [1.807, 2.05) is 74.6 Å². The lowest BCUT2D eigenvalue weighted by molar-refractivity contribution is -0.115. The number of hydrogen-bond donors (Lipinski definition) is 0. The van der Waals surface area contributed by atoms with Gasteiger partial charge in [0.15, 0.2) is 0 Å². The lowest BCUT2D eigenvalue weighted by Gasteiger charge is -2.17. The summed E-state index contributed by atoms with van der Waals surface area (Å²) in [5.41, 5.74) is 3.40. The molecule has 5 rings (SSSR count). The Hall–Kier alpha value is -3.87. The quantitative estimate of drug-likeness (QED) is 0.395. The molecule has 34 heavy (non-hydrogen) atoms. The number of para-hydroxylation sites is 2. The van der Waals surface area contributed by atoms with Crippen LogP contribution in [-0.2, 0) is 11.8 Å². The van der Waals surface area contributed by atoms with Gasteiger partial charge in [0.1, 0.15) is 21.7 Å². The second kappa shape index (κ2) is 8.82. The van der Waals surface area contributed by atoms with Crippen LogP contribution in [0.5, 0.6) is 0 Å². The largest absolute Gasteiger partial charge is 0.285 e. The Labute approximate surface area is 204 Å². The maximum absolute atomic E-state index is 13.4. The highest BCUT2D eigenvalue weighted by molar-refractivity contribution is 8.04. The molecule has 1 aliphatic heterocycles. The molecule has 9 heteroatoms. The molecule has 0 N–H and O–H groups in total. The molecule has 7 nitrogen and oxygen atoms in total. The molecule has 0 aliphatic carbocycles. The fraction of sp³-hybridized carbons (Fsp3) is 0.120. The van der Waals surface area contributed by atoms with Gasteiger partial charge < -0.3 is 0 Å². The lowest BCUT2D eigenvalue weighted by Crippen LogP contribution is -2.24. The summed E-state index contributed by atoms with van der Waals surface area (Å²) in [6.45, 7) is 1.88. The molecule has 0 spiro atoms. The molecule has 0 bridgehead atoms. The molecule has 1 aliphatic rings. The lowest BCUT2D eigenvalue weighted by atomic mass is 10.2. The van der Waals surface area contributed by atoms with E-state index in [1.165, 1.54) is 23.1 Å². The third-order valence-electron chi connectivity index (χ3n) is 5.65. The van der Waals surface area contributed by atoms with Crippen molar-refractivity contribution in [3.05, 3.63) is 92.1 Å². The van der Waals surface area contributed by atoms with Crippen LogP contribution < -0.4 is 10.5 Å². The number of carbonyl (C=O) groups excluding carboxylic acids is 1. The van der Waals surface area contributed by atoms with Crippen LogP contribution in [0.15, 0.2) is 75.9 Å². The van der Waals surface area contributed by atoms with Gasteiger partial charge in [0.2, 0.25) is 5.91 Å². The summed E-state index contributed by atoms with van der Waals surface area (Å²) in [7, 11) is 1.84. The Morgan fingerprint density at radius 2 is 1.68 bits per heavy atom. The number of rotatable bonds is 4. The third kappa shape index (κ3) is 3.57. The van der Waals surface area contributed by atoms with Crippen LogP contribution in [0.4, 0.5) is 5.69 Å². The van der Waals surface area contributed by atoms with Crippen molar-refractivity contribution in [2.45, 2.75) is 6.92 Å². The van der Waals surface area contributed by atoms with Crippen LogP contribution in [-0.4, -0.2) is 26.0 Å². The van der Waals surface area contributed by atoms with Crippen molar-refractivity contribution >= 4 is 40.3 Å². The molecule has 2 aromatic carbocycles. The maximum atomic E-state index is 13.4. The van der Waals surface area contributed by atoms with Crippen molar-refractivity contribution in [1.82, 2.24) is 14.3 Å². The van der Waals surface area contributed by atoms with Gasteiger partial charge in [-0.2, -0.15) is 5.26 Å². The van der Waals surface area contributed by atoms with Gasteiger partial charge in [-0.15, -0.1) is 11.3 Å². The molecular weight excluding hydrogens is 466 g/mol. The number of amides is 1. The minimum Gasteiger partial charge on any atom is -0.285 e. The average molecular weight is 486 g/mol. The first kappa shape index (κ1) is 21.9. The van der Waals surface area contributed by atoms with E-state index in [1.54, 1.807) is 19.6 Å². The molecule has 1 amide bonds. The number of aromatic nitrogens is 3. The van der Waals surface area contributed by atoms with Gasteiger partial charge >= 0.3 is 0 Å². The van der Waals surface area contributed by atoms with Crippen molar-refractivity contribution in [3.8, 4) is 23.0 Å². The fourth-order valence-corrected chi connectivity index (χ4v) is 5.83. The molecule has 3 heterocycles. The van der Waals surface area contributed by atoms with E-state index in [0.717, 1.165) is 11.4 Å².